The molecule has 0 aliphatic heterocycles. The summed E-state index contributed by atoms with van der Waals surface area (Å²) < 4.78 is 5.28. The minimum atomic E-state index is 0.657. The minimum Gasteiger partial charge on any atom is -0.496 e. The fourth-order valence-corrected chi connectivity index (χ4v) is 1.78. The lowest BCUT2D eigenvalue weighted by atomic mass is 10.2. The maximum absolute atomic E-state index is 5.28. The number of hydrazine groups is 1. The summed E-state index contributed by atoms with van der Waals surface area (Å²) in [7, 11) is 1.67. The fraction of sp³-hybridized carbons (Fsp3) is 0.188. The molecule has 0 aromatic heterocycles. The number of ether oxygens (including phenoxy) is 1. The van der Waals surface area contributed by atoms with Gasteiger partial charge in [-0.1, -0.05) is 35.9 Å². The summed E-state index contributed by atoms with van der Waals surface area (Å²) >= 11 is 0. The van der Waals surface area contributed by atoms with Gasteiger partial charge in [0.1, 0.15) is 12.1 Å². The first kappa shape index (κ1) is 14.1. The molecule has 2 N–H and O–H groups in total. The monoisotopic (exact) mass is 269 g/mol. The molecule has 0 saturated heterocycles. The molecule has 0 saturated carbocycles. The lowest BCUT2D eigenvalue weighted by molar-refractivity contribution is 0.407. The van der Waals surface area contributed by atoms with Crippen LogP contribution in [0.4, 0.5) is 5.69 Å². The fourth-order valence-electron chi connectivity index (χ4n) is 1.78. The van der Waals surface area contributed by atoms with Crippen molar-refractivity contribution in [3.63, 3.8) is 0 Å². The van der Waals surface area contributed by atoms with Gasteiger partial charge in [0.05, 0.1) is 12.8 Å². The number of aliphatic imine (C=N–C) groups is 1. The van der Waals surface area contributed by atoms with Crippen molar-refractivity contribution in [2.75, 3.05) is 7.11 Å². The molecule has 2 rings (SSSR count). The number of hydrogen-bond donors (Lipinski definition) is 2. The highest BCUT2D eigenvalue weighted by molar-refractivity contribution is 5.60. The topological polar surface area (TPSA) is 45.6 Å². The second-order valence-electron chi connectivity index (χ2n) is 4.40. The van der Waals surface area contributed by atoms with Crippen molar-refractivity contribution in [1.29, 1.82) is 0 Å². The minimum absolute atomic E-state index is 0.657. The zero-order valence-corrected chi connectivity index (χ0v) is 11.8. The van der Waals surface area contributed by atoms with Gasteiger partial charge >= 0.3 is 0 Å². The summed E-state index contributed by atoms with van der Waals surface area (Å²) in [5.74, 6) is 0.872. The van der Waals surface area contributed by atoms with Crippen LogP contribution in [0.1, 0.15) is 11.1 Å². The zero-order chi connectivity index (χ0) is 14.2. The van der Waals surface area contributed by atoms with Gasteiger partial charge in [-0.2, -0.15) is 0 Å². The number of methoxy groups -OCH3 is 1. The largest absolute Gasteiger partial charge is 0.496 e. The first-order valence-electron chi connectivity index (χ1n) is 6.49. The zero-order valence-electron chi connectivity index (χ0n) is 11.8. The van der Waals surface area contributed by atoms with Gasteiger partial charge in [0.2, 0.25) is 0 Å². The second-order valence-corrected chi connectivity index (χ2v) is 4.40. The van der Waals surface area contributed by atoms with Crippen molar-refractivity contribution < 1.29 is 4.74 Å². The van der Waals surface area contributed by atoms with E-state index in [1.54, 1.807) is 13.4 Å². The van der Waals surface area contributed by atoms with E-state index in [9.17, 15) is 0 Å². The second kappa shape index (κ2) is 7.31. The Kier molecular flexibility index (Phi) is 5.15. The van der Waals surface area contributed by atoms with E-state index >= 15 is 0 Å². The summed E-state index contributed by atoms with van der Waals surface area (Å²) in [6.07, 6.45) is 1.64. The quantitative estimate of drug-likeness (QED) is 0.367. The van der Waals surface area contributed by atoms with Crippen molar-refractivity contribution in [3.8, 4) is 5.75 Å². The Morgan fingerprint density at radius 1 is 1.10 bits per heavy atom. The third-order valence-electron chi connectivity index (χ3n) is 2.89. The highest BCUT2D eigenvalue weighted by atomic mass is 16.5. The van der Waals surface area contributed by atoms with E-state index in [1.165, 1.54) is 5.56 Å². The average molecular weight is 269 g/mol. The highest BCUT2D eigenvalue weighted by Crippen LogP contribution is 2.16. The van der Waals surface area contributed by atoms with Crippen LogP contribution in [0.25, 0.3) is 0 Å². The van der Waals surface area contributed by atoms with Crippen LogP contribution >= 0.6 is 0 Å². The number of nitrogens with zero attached hydrogens (tertiary/aromatic N) is 1. The SMILES string of the molecule is COc1ccccc1CNNC=Nc1ccc(C)cc1. The number of benzene rings is 2. The highest BCUT2D eigenvalue weighted by Gasteiger charge is 1.99. The molecule has 0 fully saturated rings. The molecule has 0 aliphatic rings. The lowest BCUT2D eigenvalue weighted by Crippen LogP contribution is -2.29. The Hall–Kier alpha value is -2.33. The van der Waals surface area contributed by atoms with E-state index in [-0.39, 0.29) is 0 Å². The van der Waals surface area contributed by atoms with Crippen LogP contribution in [0.15, 0.2) is 53.5 Å². The van der Waals surface area contributed by atoms with E-state index in [2.05, 4.69) is 22.8 Å². The first-order valence-corrected chi connectivity index (χ1v) is 6.49. The number of nitrogens with one attached hydrogen (secondary N) is 2. The predicted molar refractivity (Wildman–Crippen MR) is 82.3 cm³/mol. The molecule has 104 valence electrons. The van der Waals surface area contributed by atoms with Crippen molar-refractivity contribution in [2.45, 2.75) is 13.5 Å². The maximum Gasteiger partial charge on any atom is 0.123 e. The Balaban J connectivity index is 1.80. The van der Waals surface area contributed by atoms with Crippen molar-refractivity contribution >= 4 is 12.0 Å². The number of para-hydroxylation sites is 1. The van der Waals surface area contributed by atoms with Gasteiger partial charge in [-0.3, -0.25) is 0 Å². The molecule has 0 heterocycles. The van der Waals surface area contributed by atoms with E-state index in [0.29, 0.717) is 6.54 Å². The number of hydrogen-bond acceptors (Lipinski definition) is 3. The lowest BCUT2D eigenvalue weighted by Gasteiger charge is -2.08. The molecule has 0 bridgehead atoms. The van der Waals surface area contributed by atoms with Gasteiger partial charge in [0.15, 0.2) is 0 Å². The standard InChI is InChI=1S/C16H19N3O/c1-13-7-9-15(10-8-13)17-12-19-18-11-14-5-3-4-6-16(14)20-2/h3-10,12,18H,11H2,1-2H3,(H,17,19). The van der Waals surface area contributed by atoms with Crippen molar-refractivity contribution in [3.05, 3.63) is 59.7 Å². The summed E-state index contributed by atoms with van der Waals surface area (Å²) in [6.45, 7) is 2.71. The third-order valence-corrected chi connectivity index (χ3v) is 2.89. The normalized spacial score (nSPS) is 10.7. The summed E-state index contributed by atoms with van der Waals surface area (Å²) in [6, 6.07) is 15.9. The molecule has 0 radical (unpaired) electrons. The van der Waals surface area contributed by atoms with Gasteiger partial charge in [0.25, 0.3) is 0 Å². The molecular formula is C16H19N3O. The van der Waals surface area contributed by atoms with Crippen LogP contribution < -0.4 is 15.6 Å². The van der Waals surface area contributed by atoms with Crippen LogP contribution in [0.3, 0.4) is 0 Å². The Labute approximate surface area is 119 Å². The van der Waals surface area contributed by atoms with Crippen LogP contribution in [0, 0.1) is 6.92 Å². The maximum atomic E-state index is 5.28. The Bertz CT molecular complexity index is 564. The van der Waals surface area contributed by atoms with E-state index < -0.39 is 0 Å². The van der Waals surface area contributed by atoms with E-state index in [0.717, 1.165) is 17.0 Å². The van der Waals surface area contributed by atoms with Crippen LogP contribution in [0.5, 0.6) is 5.75 Å². The van der Waals surface area contributed by atoms with Crippen LogP contribution in [-0.4, -0.2) is 13.4 Å². The average Bonchev–Trinajstić information content (AvgIpc) is 2.49. The van der Waals surface area contributed by atoms with Gasteiger partial charge in [-0.05, 0) is 25.1 Å². The van der Waals surface area contributed by atoms with Gasteiger partial charge in [0, 0.05) is 12.1 Å². The molecule has 0 aliphatic carbocycles. The van der Waals surface area contributed by atoms with Crippen molar-refractivity contribution in [1.82, 2.24) is 10.9 Å². The first-order chi connectivity index (χ1) is 9.79. The molecule has 20 heavy (non-hydrogen) atoms. The van der Waals surface area contributed by atoms with Crippen LogP contribution in [0.2, 0.25) is 0 Å². The molecule has 0 atom stereocenters. The molecule has 4 heteroatoms. The number of rotatable bonds is 6. The van der Waals surface area contributed by atoms with Gasteiger partial charge in [-0.15, -0.1) is 0 Å². The summed E-state index contributed by atoms with van der Waals surface area (Å²) in [5, 5.41) is 0. The van der Waals surface area contributed by atoms with Crippen LogP contribution in [-0.2, 0) is 6.54 Å². The smallest absolute Gasteiger partial charge is 0.123 e. The molecule has 0 spiro atoms. The van der Waals surface area contributed by atoms with Crippen molar-refractivity contribution in [2.24, 2.45) is 4.99 Å². The molecule has 0 unspecified atom stereocenters. The molecular weight excluding hydrogens is 250 g/mol. The van der Waals surface area contributed by atoms with Gasteiger partial charge < -0.3 is 10.2 Å². The predicted octanol–water partition coefficient (Wildman–Crippen LogP) is 2.96. The van der Waals surface area contributed by atoms with E-state index in [4.69, 9.17) is 4.74 Å². The van der Waals surface area contributed by atoms with Gasteiger partial charge in [-0.25, -0.2) is 10.4 Å². The molecule has 2 aromatic carbocycles. The number of aryl methyl sites for hydroxylation is 1. The molecule has 2 aromatic rings. The van der Waals surface area contributed by atoms with E-state index in [1.807, 2.05) is 48.5 Å². The Morgan fingerprint density at radius 2 is 1.85 bits per heavy atom. The summed E-state index contributed by atoms with van der Waals surface area (Å²) in [5.41, 5.74) is 9.27. The Morgan fingerprint density at radius 3 is 2.60 bits per heavy atom. The third kappa shape index (κ3) is 4.10. The molecule has 0 amide bonds. The molecule has 4 nitrogen and oxygen atoms in total. The summed E-state index contributed by atoms with van der Waals surface area (Å²) in [4.78, 5) is 4.29.